The summed E-state index contributed by atoms with van der Waals surface area (Å²) in [6.07, 6.45) is 1.04. The second kappa shape index (κ2) is 15.3. The van der Waals surface area contributed by atoms with Gasteiger partial charge in [0, 0.05) is 18.7 Å². The molecule has 2 unspecified atom stereocenters. The Hall–Kier alpha value is -4.25. The molecule has 2 amide bonds. The molecule has 3 rings (SSSR count). The van der Waals surface area contributed by atoms with Gasteiger partial charge in [-0.25, -0.2) is 8.42 Å². The Bertz CT molecular complexity index is 1480. The van der Waals surface area contributed by atoms with Crippen LogP contribution in [0.25, 0.3) is 0 Å². The number of hydrogen-bond donors (Lipinski definition) is 1. The normalized spacial score (nSPS) is 12.5. The number of sulfonamides is 1. The highest BCUT2D eigenvalue weighted by atomic mass is 32.2. The molecule has 0 aliphatic rings. The van der Waals surface area contributed by atoms with Crippen LogP contribution in [0.2, 0.25) is 0 Å². The number of benzene rings is 3. The predicted molar refractivity (Wildman–Crippen MR) is 166 cm³/mol. The molecule has 0 saturated carbocycles. The lowest BCUT2D eigenvalue weighted by molar-refractivity contribution is -0.140. The van der Waals surface area contributed by atoms with Crippen LogP contribution in [0.3, 0.4) is 0 Å². The molecule has 0 saturated heterocycles. The minimum atomic E-state index is -4.27. The van der Waals surface area contributed by atoms with Crippen LogP contribution in [0.5, 0.6) is 17.2 Å². The lowest BCUT2D eigenvalue weighted by Crippen LogP contribution is -2.53. The fourth-order valence-corrected chi connectivity index (χ4v) is 5.99. The van der Waals surface area contributed by atoms with Gasteiger partial charge >= 0.3 is 0 Å². The first-order valence-electron chi connectivity index (χ1n) is 14.1. The van der Waals surface area contributed by atoms with Crippen LogP contribution in [0.1, 0.15) is 39.2 Å². The first-order chi connectivity index (χ1) is 20.6. The van der Waals surface area contributed by atoms with E-state index in [0.29, 0.717) is 23.6 Å². The van der Waals surface area contributed by atoms with Crippen LogP contribution >= 0.6 is 0 Å². The smallest absolute Gasteiger partial charge is 0.264 e. The molecule has 10 nitrogen and oxygen atoms in total. The van der Waals surface area contributed by atoms with E-state index in [2.05, 4.69) is 5.32 Å². The molecule has 0 heterocycles. The van der Waals surface area contributed by atoms with Gasteiger partial charge in [0.25, 0.3) is 10.0 Å². The molecule has 0 fully saturated rings. The van der Waals surface area contributed by atoms with Gasteiger partial charge in [-0.3, -0.25) is 13.9 Å². The number of amides is 2. The number of nitrogens with zero attached hydrogens (tertiary/aromatic N) is 2. The zero-order valence-electron chi connectivity index (χ0n) is 25.6. The quantitative estimate of drug-likeness (QED) is 0.267. The number of para-hydroxylation sites is 1. The van der Waals surface area contributed by atoms with Crippen LogP contribution in [-0.4, -0.2) is 65.1 Å². The van der Waals surface area contributed by atoms with Gasteiger partial charge in [-0.05, 0) is 61.7 Å². The Labute approximate surface area is 254 Å². The van der Waals surface area contributed by atoms with Gasteiger partial charge in [-0.1, -0.05) is 44.2 Å². The van der Waals surface area contributed by atoms with Crippen LogP contribution in [0.15, 0.2) is 77.7 Å². The van der Waals surface area contributed by atoms with E-state index in [0.717, 1.165) is 16.3 Å². The second-order valence-electron chi connectivity index (χ2n) is 9.98. The number of anilines is 1. The largest absolute Gasteiger partial charge is 0.497 e. The highest BCUT2D eigenvalue weighted by molar-refractivity contribution is 7.92. The maximum absolute atomic E-state index is 14.2. The number of ether oxygens (including phenoxy) is 3. The van der Waals surface area contributed by atoms with Crippen molar-refractivity contribution < 1.29 is 32.2 Å². The van der Waals surface area contributed by atoms with E-state index in [4.69, 9.17) is 14.2 Å². The Morgan fingerprint density at radius 3 is 2.14 bits per heavy atom. The molecule has 1 N–H and O–H groups in total. The number of nitrogens with one attached hydrogen (secondary N) is 1. The van der Waals surface area contributed by atoms with Gasteiger partial charge in [0.1, 0.15) is 18.3 Å². The van der Waals surface area contributed by atoms with E-state index in [9.17, 15) is 18.0 Å². The van der Waals surface area contributed by atoms with Gasteiger partial charge < -0.3 is 24.4 Å². The van der Waals surface area contributed by atoms with Crippen LogP contribution in [-0.2, 0) is 26.2 Å². The van der Waals surface area contributed by atoms with Crippen molar-refractivity contribution >= 4 is 27.5 Å². The standard InChI is InChI=1S/C32H41N3O7S/c1-7-23(3)33-32(37)28(8-2)34(21-24-13-12-16-26(19-24)40-4)31(36)22-35(25-14-10-9-11-15-25)43(38,39)27-17-18-29(41-5)30(20-27)42-6/h9-20,23,28H,7-8,21-22H2,1-6H3,(H,33,37). The van der Waals surface area contributed by atoms with Crippen molar-refractivity contribution in [3.05, 3.63) is 78.4 Å². The van der Waals surface area contributed by atoms with Crippen molar-refractivity contribution in [3.8, 4) is 17.2 Å². The minimum Gasteiger partial charge on any atom is -0.497 e. The summed E-state index contributed by atoms with van der Waals surface area (Å²) in [5.41, 5.74) is 1.03. The average molecular weight is 612 g/mol. The van der Waals surface area contributed by atoms with Crippen molar-refractivity contribution in [2.24, 2.45) is 0 Å². The summed E-state index contributed by atoms with van der Waals surface area (Å²) in [6.45, 7) is 5.20. The zero-order chi connectivity index (χ0) is 31.6. The number of rotatable bonds is 15. The van der Waals surface area contributed by atoms with E-state index < -0.39 is 28.5 Å². The summed E-state index contributed by atoms with van der Waals surface area (Å²) in [4.78, 5) is 29.0. The van der Waals surface area contributed by atoms with Gasteiger partial charge in [0.15, 0.2) is 11.5 Å². The highest BCUT2D eigenvalue weighted by Gasteiger charge is 2.34. The average Bonchev–Trinajstić information content (AvgIpc) is 3.03. The molecule has 0 aliphatic heterocycles. The Kier molecular flexibility index (Phi) is 11.8. The third-order valence-electron chi connectivity index (χ3n) is 7.14. The summed E-state index contributed by atoms with van der Waals surface area (Å²) >= 11 is 0. The molecule has 43 heavy (non-hydrogen) atoms. The lowest BCUT2D eigenvalue weighted by Gasteiger charge is -2.33. The number of carbonyl (C=O) groups excluding carboxylic acids is 2. The molecular weight excluding hydrogens is 570 g/mol. The van der Waals surface area contributed by atoms with Crippen LogP contribution in [0, 0.1) is 0 Å². The van der Waals surface area contributed by atoms with Crippen molar-refractivity contribution in [1.29, 1.82) is 0 Å². The Morgan fingerprint density at radius 2 is 1.53 bits per heavy atom. The molecule has 0 aromatic heterocycles. The Balaban J connectivity index is 2.08. The maximum Gasteiger partial charge on any atom is 0.264 e. The number of methoxy groups -OCH3 is 3. The summed E-state index contributed by atoms with van der Waals surface area (Å²) in [7, 11) is 0.152. The van der Waals surface area contributed by atoms with Crippen molar-refractivity contribution in [3.63, 3.8) is 0 Å². The lowest BCUT2D eigenvalue weighted by atomic mass is 10.1. The molecular formula is C32H41N3O7S. The van der Waals surface area contributed by atoms with Crippen molar-refractivity contribution in [2.45, 2.75) is 57.1 Å². The number of hydrogen-bond acceptors (Lipinski definition) is 7. The first kappa shape index (κ1) is 33.3. The SMILES string of the molecule is CCC(C)NC(=O)C(CC)N(Cc1cccc(OC)c1)C(=O)CN(c1ccccc1)S(=O)(=O)c1ccc(OC)c(OC)c1. The van der Waals surface area contributed by atoms with E-state index in [-0.39, 0.29) is 29.1 Å². The summed E-state index contributed by atoms with van der Waals surface area (Å²) < 4.78 is 45.3. The molecule has 232 valence electrons. The van der Waals surface area contributed by atoms with Gasteiger partial charge in [0.2, 0.25) is 11.8 Å². The fourth-order valence-electron chi connectivity index (χ4n) is 4.56. The third-order valence-corrected chi connectivity index (χ3v) is 8.91. The first-order valence-corrected chi connectivity index (χ1v) is 15.6. The van der Waals surface area contributed by atoms with Crippen LogP contribution < -0.4 is 23.8 Å². The zero-order valence-corrected chi connectivity index (χ0v) is 26.4. The van der Waals surface area contributed by atoms with Gasteiger partial charge in [-0.2, -0.15) is 0 Å². The van der Waals surface area contributed by atoms with Crippen molar-refractivity contribution in [1.82, 2.24) is 10.2 Å². The van der Waals surface area contributed by atoms with Crippen molar-refractivity contribution in [2.75, 3.05) is 32.2 Å². The summed E-state index contributed by atoms with van der Waals surface area (Å²) in [5, 5.41) is 2.97. The van der Waals surface area contributed by atoms with Crippen LogP contribution in [0.4, 0.5) is 5.69 Å². The Morgan fingerprint density at radius 1 is 0.837 bits per heavy atom. The molecule has 0 radical (unpaired) electrons. The predicted octanol–water partition coefficient (Wildman–Crippen LogP) is 4.63. The fraction of sp³-hybridized carbons (Fsp3) is 0.375. The van der Waals surface area contributed by atoms with Gasteiger partial charge in [0.05, 0.1) is 31.9 Å². The molecule has 3 aromatic rings. The summed E-state index contributed by atoms with van der Waals surface area (Å²) in [6, 6.07) is 18.9. The molecule has 11 heteroatoms. The topological polar surface area (TPSA) is 114 Å². The molecule has 3 aromatic carbocycles. The monoisotopic (exact) mass is 611 g/mol. The van der Waals surface area contributed by atoms with E-state index >= 15 is 0 Å². The van der Waals surface area contributed by atoms with E-state index in [1.807, 2.05) is 26.8 Å². The summed E-state index contributed by atoms with van der Waals surface area (Å²) in [5.74, 6) is 0.356. The molecule has 0 spiro atoms. The molecule has 2 atom stereocenters. The second-order valence-corrected chi connectivity index (χ2v) is 11.8. The van der Waals surface area contributed by atoms with E-state index in [1.54, 1.807) is 55.6 Å². The number of carbonyl (C=O) groups is 2. The maximum atomic E-state index is 14.2. The molecule has 0 bridgehead atoms. The molecule has 0 aliphatic carbocycles. The minimum absolute atomic E-state index is 0.0709. The third kappa shape index (κ3) is 8.19. The van der Waals surface area contributed by atoms with Gasteiger partial charge in [-0.15, -0.1) is 0 Å². The highest BCUT2D eigenvalue weighted by Crippen LogP contribution is 2.32. The van der Waals surface area contributed by atoms with E-state index in [1.165, 1.54) is 37.3 Å².